The molecule has 0 spiro atoms. The fourth-order valence-electron chi connectivity index (χ4n) is 2.26. The first-order valence-corrected chi connectivity index (χ1v) is 10.00. The van der Waals surface area contributed by atoms with Crippen LogP contribution in [0, 0.1) is 10.1 Å². The number of aliphatic hydroxyl groups excluding tert-OH is 1. The van der Waals surface area contributed by atoms with E-state index in [9.17, 15) is 24.5 Å². The van der Waals surface area contributed by atoms with Gasteiger partial charge in [0.1, 0.15) is 6.54 Å². The SMILES string of the molecule is CC(C)OC(=O)CN1C(=O)SC(=Cc2ccc(SCCO)c([N+](=O)[O-])c2)C1=O. The summed E-state index contributed by atoms with van der Waals surface area (Å²) in [4.78, 5) is 48.1. The minimum absolute atomic E-state index is 0.0624. The van der Waals surface area contributed by atoms with Crippen LogP contribution in [0.15, 0.2) is 28.0 Å². The van der Waals surface area contributed by atoms with Crippen LogP contribution >= 0.6 is 23.5 Å². The molecular weight excluding hydrogens is 408 g/mol. The second-order valence-electron chi connectivity index (χ2n) is 5.86. The van der Waals surface area contributed by atoms with E-state index >= 15 is 0 Å². The Labute approximate surface area is 169 Å². The number of imide groups is 1. The summed E-state index contributed by atoms with van der Waals surface area (Å²) in [5, 5.41) is 19.5. The Morgan fingerprint density at radius 1 is 1.43 bits per heavy atom. The van der Waals surface area contributed by atoms with Crippen molar-refractivity contribution in [1.29, 1.82) is 0 Å². The lowest BCUT2D eigenvalue weighted by Gasteiger charge is -2.13. The van der Waals surface area contributed by atoms with Crippen molar-refractivity contribution < 1.29 is 29.2 Å². The van der Waals surface area contributed by atoms with Gasteiger partial charge in [0.2, 0.25) is 0 Å². The van der Waals surface area contributed by atoms with Crippen LogP contribution in [0.5, 0.6) is 0 Å². The van der Waals surface area contributed by atoms with Crippen LogP contribution in [-0.4, -0.2) is 57.1 Å². The molecule has 0 aromatic heterocycles. The molecule has 1 aromatic rings. The van der Waals surface area contributed by atoms with Gasteiger partial charge in [0.05, 0.1) is 27.4 Å². The Balaban J connectivity index is 2.22. The third-order valence-corrected chi connectivity index (χ3v) is 5.30. The molecule has 1 N–H and O–H groups in total. The number of amides is 2. The number of nitro benzene ring substituents is 1. The average Bonchev–Trinajstić information content (AvgIpc) is 2.87. The highest BCUT2D eigenvalue weighted by molar-refractivity contribution is 8.18. The molecule has 1 aliphatic heterocycles. The smallest absolute Gasteiger partial charge is 0.326 e. The van der Waals surface area contributed by atoms with Gasteiger partial charge in [0.25, 0.3) is 16.8 Å². The van der Waals surface area contributed by atoms with E-state index < -0.39 is 28.6 Å². The predicted molar refractivity (Wildman–Crippen MR) is 105 cm³/mol. The van der Waals surface area contributed by atoms with E-state index in [-0.39, 0.29) is 23.3 Å². The van der Waals surface area contributed by atoms with Crippen molar-refractivity contribution in [1.82, 2.24) is 4.90 Å². The molecular formula is C17H18N2O7S2. The molecule has 0 radical (unpaired) electrons. The first kappa shape index (κ1) is 21.9. The Morgan fingerprint density at radius 3 is 2.75 bits per heavy atom. The summed E-state index contributed by atoms with van der Waals surface area (Å²) < 4.78 is 4.94. The number of esters is 1. The van der Waals surface area contributed by atoms with Crippen LogP contribution in [-0.2, 0) is 14.3 Å². The number of nitrogens with zero attached hydrogens (tertiary/aromatic N) is 2. The quantitative estimate of drug-likeness (QED) is 0.219. The maximum atomic E-state index is 12.4. The molecule has 1 heterocycles. The van der Waals surface area contributed by atoms with Crippen molar-refractivity contribution >= 4 is 52.4 Å². The average molecular weight is 426 g/mol. The number of aliphatic hydroxyl groups is 1. The molecule has 1 aromatic carbocycles. The Kier molecular flexibility index (Phi) is 7.61. The number of benzene rings is 1. The fourth-order valence-corrected chi connectivity index (χ4v) is 3.86. The van der Waals surface area contributed by atoms with Gasteiger partial charge in [0.15, 0.2) is 0 Å². The normalized spacial score (nSPS) is 15.6. The van der Waals surface area contributed by atoms with Gasteiger partial charge in [-0.2, -0.15) is 0 Å². The molecule has 0 aliphatic carbocycles. The van der Waals surface area contributed by atoms with Gasteiger partial charge in [-0.3, -0.25) is 29.4 Å². The third-order valence-electron chi connectivity index (χ3n) is 3.35. The number of ether oxygens (including phenoxy) is 1. The first-order valence-electron chi connectivity index (χ1n) is 8.20. The highest BCUT2D eigenvalue weighted by atomic mass is 32.2. The van der Waals surface area contributed by atoms with E-state index in [1.54, 1.807) is 19.9 Å². The summed E-state index contributed by atoms with van der Waals surface area (Å²) in [6.45, 7) is 2.70. The van der Waals surface area contributed by atoms with Crippen molar-refractivity contribution in [2.75, 3.05) is 18.9 Å². The van der Waals surface area contributed by atoms with Crippen LogP contribution < -0.4 is 0 Å². The van der Waals surface area contributed by atoms with Crippen molar-refractivity contribution in [3.63, 3.8) is 0 Å². The van der Waals surface area contributed by atoms with Crippen molar-refractivity contribution in [2.45, 2.75) is 24.8 Å². The first-order chi connectivity index (χ1) is 13.2. The Bertz CT molecular complexity index is 839. The monoisotopic (exact) mass is 426 g/mol. The molecule has 1 fully saturated rings. The van der Waals surface area contributed by atoms with E-state index in [1.165, 1.54) is 18.2 Å². The van der Waals surface area contributed by atoms with Crippen LogP contribution in [0.2, 0.25) is 0 Å². The van der Waals surface area contributed by atoms with Crippen molar-refractivity contribution in [3.05, 3.63) is 38.8 Å². The zero-order valence-electron chi connectivity index (χ0n) is 15.1. The highest BCUT2D eigenvalue weighted by Crippen LogP contribution is 2.34. The summed E-state index contributed by atoms with van der Waals surface area (Å²) in [6, 6.07) is 4.39. The Hall–Kier alpha value is -2.37. The summed E-state index contributed by atoms with van der Waals surface area (Å²) in [7, 11) is 0. The maximum absolute atomic E-state index is 12.4. The second kappa shape index (κ2) is 9.71. The van der Waals surface area contributed by atoms with E-state index in [1.807, 2.05) is 0 Å². The van der Waals surface area contributed by atoms with Gasteiger partial charge in [0, 0.05) is 11.8 Å². The van der Waals surface area contributed by atoms with Crippen LogP contribution in [0.25, 0.3) is 6.08 Å². The van der Waals surface area contributed by atoms with Gasteiger partial charge in [-0.15, -0.1) is 11.8 Å². The van der Waals surface area contributed by atoms with Crippen LogP contribution in [0.3, 0.4) is 0 Å². The molecule has 0 atom stereocenters. The highest BCUT2D eigenvalue weighted by Gasteiger charge is 2.36. The number of nitro groups is 1. The number of hydrogen-bond donors (Lipinski definition) is 1. The number of hydrogen-bond acceptors (Lipinski definition) is 9. The molecule has 0 unspecified atom stereocenters. The van der Waals surface area contributed by atoms with Gasteiger partial charge in [-0.25, -0.2) is 0 Å². The van der Waals surface area contributed by atoms with E-state index in [4.69, 9.17) is 9.84 Å². The molecule has 9 nitrogen and oxygen atoms in total. The summed E-state index contributed by atoms with van der Waals surface area (Å²) in [5.74, 6) is -1.04. The van der Waals surface area contributed by atoms with Gasteiger partial charge in [-0.1, -0.05) is 6.07 Å². The molecule has 28 heavy (non-hydrogen) atoms. The topological polar surface area (TPSA) is 127 Å². The van der Waals surface area contributed by atoms with Crippen molar-refractivity contribution in [2.24, 2.45) is 0 Å². The largest absolute Gasteiger partial charge is 0.462 e. The number of carbonyl (C=O) groups excluding carboxylic acids is 3. The molecule has 0 saturated carbocycles. The zero-order chi connectivity index (χ0) is 20.8. The Morgan fingerprint density at radius 2 is 2.14 bits per heavy atom. The number of carbonyl (C=O) groups is 3. The number of rotatable bonds is 8. The fraction of sp³-hybridized carbons (Fsp3) is 0.353. The lowest BCUT2D eigenvalue weighted by molar-refractivity contribution is -0.387. The molecule has 2 amide bonds. The minimum Gasteiger partial charge on any atom is -0.462 e. The van der Waals surface area contributed by atoms with Gasteiger partial charge >= 0.3 is 5.97 Å². The van der Waals surface area contributed by atoms with E-state index in [0.29, 0.717) is 28.0 Å². The second-order valence-corrected chi connectivity index (χ2v) is 7.99. The van der Waals surface area contributed by atoms with Crippen LogP contribution in [0.4, 0.5) is 10.5 Å². The summed E-state index contributed by atoms with van der Waals surface area (Å²) in [5.41, 5.74) is 0.210. The lowest BCUT2D eigenvalue weighted by atomic mass is 10.2. The van der Waals surface area contributed by atoms with Crippen molar-refractivity contribution in [3.8, 4) is 0 Å². The van der Waals surface area contributed by atoms with E-state index in [2.05, 4.69) is 0 Å². The van der Waals surface area contributed by atoms with Gasteiger partial charge < -0.3 is 9.84 Å². The number of thioether (sulfide) groups is 2. The molecule has 2 rings (SSSR count). The predicted octanol–water partition coefficient (Wildman–Crippen LogP) is 2.67. The third kappa shape index (κ3) is 5.57. The zero-order valence-corrected chi connectivity index (χ0v) is 16.7. The molecule has 1 aliphatic rings. The molecule has 11 heteroatoms. The van der Waals surface area contributed by atoms with E-state index in [0.717, 1.165) is 16.7 Å². The van der Waals surface area contributed by atoms with Crippen LogP contribution in [0.1, 0.15) is 19.4 Å². The summed E-state index contributed by atoms with van der Waals surface area (Å²) in [6.07, 6.45) is 0.998. The molecule has 0 bridgehead atoms. The lowest BCUT2D eigenvalue weighted by Crippen LogP contribution is -2.35. The standard InChI is InChI=1S/C17H18N2O7S2/c1-10(2)26-15(21)9-18-16(22)14(28-17(18)23)8-11-3-4-13(27-6-5-20)12(7-11)19(24)25/h3-4,7-8,10,20H,5-6,9H2,1-2H3. The minimum atomic E-state index is -0.695. The summed E-state index contributed by atoms with van der Waals surface area (Å²) >= 11 is 1.79. The molecule has 150 valence electrons. The van der Waals surface area contributed by atoms with Gasteiger partial charge in [-0.05, 0) is 43.3 Å². The maximum Gasteiger partial charge on any atom is 0.326 e. The molecule has 1 saturated heterocycles.